The lowest BCUT2D eigenvalue weighted by Crippen LogP contribution is -2.30. The molecule has 1 aliphatic heterocycles. The second kappa shape index (κ2) is 11.4. The molecular weight excluding hydrogens is 545 g/mol. The van der Waals surface area contributed by atoms with Gasteiger partial charge in [0.1, 0.15) is 23.8 Å². The minimum absolute atomic E-state index is 0.0459. The molecule has 0 atom stereocenters. The monoisotopic (exact) mass is 568 g/mol. The van der Waals surface area contributed by atoms with Gasteiger partial charge in [0.2, 0.25) is 5.91 Å². The van der Waals surface area contributed by atoms with Crippen molar-refractivity contribution in [1.29, 1.82) is 0 Å². The van der Waals surface area contributed by atoms with E-state index in [-0.39, 0.29) is 24.2 Å². The molecule has 4 aromatic rings. The Labute approximate surface area is 231 Å². The van der Waals surface area contributed by atoms with Crippen LogP contribution in [0.3, 0.4) is 0 Å². The first-order valence-corrected chi connectivity index (χ1v) is 13.2. The summed E-state index contributed by atoms with van der Waals surface area (Å²) in [7, 11) is 0. The number of hydrogen-bond donors (Lipinski definition) is 0. The molecule has 12 heteroatoms. The highest BCUT2D eigenvalue weighted by Gasteiger charge is 2.32. The topological polar surface area (TPSA) is 89.5 Å². The van der Waals surface area contributed by atoms with Crippen LogP contribution in [0.2, 0.25) is 0 Å². The van der Waals surface area contributed by atoms with Crippen LogP contribution in [-0.2, 0) is 11.4 Å². The number of alkyl halides is 3. The van der Waals surface area contributed by atoms with Crippen molar-refractivity contribution in [2.75, 3.05) is 10.7 Å². The van der Waals surface area contributed by atoms with Gasteiger partial charge in [0.05, 0.1) is 17.7 Å². The van der Waals surface area contributed by atoms with Gasteiger partial charge in [-0.25, -0.2) is 0 Å². The Balaban J connectivity index is 1.26. The predicted molar refractivity (Wildman–Crippen MR) is 147 cm³/mol. The SMILES string of the molecule is CC(C)c1ccccc1N1C(=O)CS/C1=N\N=C/c1ccc2c(COc3ccc(OC(F)(F)F)cc3)noc2c1. The standard InChI is InChI=1S/C28H23F3N4O4S/c1-17(2)21-5-3-4-6-24(21)35-26(36)16-40-27(35)33-32-14-18-7-12-22-23(34-39-25(22)13-18)15-37-19-8-10-20(11-9-19)38-28(29,30)31/h3-14,17H,15-16H2,1-2H3/b32-14-,33-27-. The highest BCUT2D eigenvalue weighted by molar-refractivity contribution is 8.15. The van der Waals surface area contributed by atoms with Gasteiger partial charge in [0.25, 0.3) is 0 Å². The first kappa shape index (κ1) is 27.3. The second-order valence-electron chi connectivity index (χ2n) is 9.05. The summed E-state index contributed by atoms with van der Waals surface area (Å²) in [4.78, 5) is 14.3. The van der Waals surface area contributed by atoms with Crippen LogP contribution >= 0.6 is 11.8 Å². The fourth-order valence-electron chi connectivity index (χ4n) is 4.08. The number of fused-ring (bicyclic) bond motifs is 1. The third kappa shape index (κ3) is 6.28. The maximum atomic E-state index is 12.6. The number of para-hydroxylation sites is 1. The van der Waals surface area contributed by atoms with E-state index in [0.717, 1.165) is 11.3 Å². The molecule has 40 heavy (non-hydrogen) atoms. The summed E-state index contributed by atoms with van der Waals surface area (Å²) in [5, 5.41) is 13.8. The van der Waals surface area contributed by atoms with Gasteiger partial charge in [-0.15, -0.1) is 18.3 Å². The van der Waals surface area contributed by atoms with Crippen molar-refractivity contribution in [2.24, 2.45) is 10.2 Å². The number of nitrogens with zero attached hydrogens (tertiary/aromatic N) is 4. The van der Waals surface area contributed by atoms with Gasteiger partial charge >= 0.3 is 6.36 Å². The van der Waals surface area contributed by atoms with Crippen molar-refractivity contribution in [1.82, 2.24) is 5.16 Å². The molecule has 0 unspecified atom stereocenters. The molecule has 3 aromatic carbocycles. The Morgan fingerprint density at radius 1 is 1.10 bits per heavy atom. The van der Waals surface area contributed by atoms with Crippen LogP contribution in [0.15, 0.2) is 81.5 Å². The van der Waals surface area contributed by atoms with E-state index in [0.29, 0.717) is 38.9 Å². The Bertz CT molecular complexity index is 1580. The van der Waals surface area contributed by atoms with E-state index in [4.69, 9.17) is 9.26 Å². The third-order valence-corrected chi connectivity index (χ3v) is 6.83. The number of anilines is 1. The molecule has 0 radical (unpaired) electrons. The lowest BCUT2D eigenvalue weighted by Gasteiger charge is -2.20. The molecular formula is C28H23F3N4O4S. The van der Waals surface area contributed by atoms with Gasteiger partial charge in [0, 0.05) is 5.39 Å². The van der Waals surface area contributed by atoms with E-state index >= 15 is 0 Å². The number of aromatic nitrogens is 1. The Morgan fingerprint density at radius 2 is 1.85 bits per heavy atom. The normalized spacial score (nSPS) is 15.2. The minimum atomic E-state index is -4.76. The highest BCUT2D eigenvalue weighted by Crippen LogP contribution is 2.33. The number of rotatable bonds is 8. The van der Waals surface area contributed by atoms with Crippen molar-refractivity contribution < 1.29 is 32.0 Å². The molecule has 206 valence electrons. The first-order valence-electron chi connectivity index (χ1n) is 12.2. The van der Waals surface area contributed by atoms with E-state index in [1.807, 2.05) is 30.3 Å². The minimum Gasteiger partial charge on any atom is -0.487 e. The molecule has 1 fully saturated rings. The van der Waals surface area contributed by atoms with Gasteiger partial charge in [-0.3, -0.25) is 9.69 Å². The molecule has 0 spiro atoms. The van der Waals surface area contributed by atoms with E-state index in [9.17, 15) is 18.0 Å². The Kier molecular flexibility index (Phi) is 7.78. The summed E-state index contributed by atoms with van der Waals surface area (Å²) in [5.74, 6) is 0.498. The van der Waals surface area contributed by atoms with E-state index in [1.54, 1.807) is 23.2 Å². The molecule has 8 nitrogen and oxygen atoms in total. The fourth-order valence-corrected chi connectivity index (χ4v) is 4.89. The quantitative estimate of drug-likeness (QED) is 0.170. The summed E-state index contributed by atoms with van der Waals surface area (Å²) in [5.41, 5.74) is 3.60. The van der Waals surface area contributed by atoms with Crippen LogP contribution in [-0.4, -0.2) is 34.6 Å². The van der Waals surface area contributed by atoms with Gasteiger partial charge in [0.15, 0.2) is 10.8 Å². The largest absolute Gasteiger partial charge is 0.573 e. The molecule has 1 aliphatic rings. The summed E-state index contributed by atoms with van der Waals surface area (Å²) in [6.07, 6.45) is -3.20. The number of carbonyl (C=O) groups is 1. The Hall–Kier alpha value is -4.32. The molecule has 0 N–H and O–H groups in total. The van der Waals surface area contributed by atoms with Gasteiger partial charge < -0.3 is 14.0 Å². The molecule has 1 amide bonds. The van der Waals surface area contributed by atoms with Crippen molar-refractivity contribution >= 4 is 45.7 Å². The van der Waals surface area contributed by atoms with Crippen LogP contribution in [0.1, 0.15) is 36.6 Å². The summed E-state index contributed by atoms with van der Waals surface area (Å²) < 4.78 is 51.9. The number of halogens is 3. The summed E-state index contributed by atoms with van der Waals surface area (Å²) in [6.45, 7) is 4.20. The molecule has 2 heterocycles. The average Bonchev–Trinajstić information content (AvgIpc) is 3.49. The van der Waals surface area contributed by atoms with Crippen LogP contribution in [0.4, 0.5) is 18.9 Å². The van der Waals surface area contributed by atoms with E-state index in [2.05, 4.69) is 33.9 Å². The van der Waals surface area contributed by atoms with Gasteiger partial charge in [-0.2, -0.15) is 5.10 Å². The van der Waals surface area contributed by atoms with Crippen molar-refractivity contribution in [3.05, 3.63) is 83.6 Å². The van der Waals surface area contributed by atoms with E-state index < -0.39 is 6.36 Å². The zero-order valence-corrected chi connectivity index (χ0v) is 22.2. The number of thioether (sulfide) groups is 1. The molecule has 0 bridgehead atoms. The lowest BCUT2D eigenvalue weighted by atomic mass is 10.0. The summed E-state index contributed by atoms with van der Waals surface area (Å²) in [6, 6.07) is 18.2. The van der Waals surface area contributed by atoms with Crippen LogP contribution in [0, 0.1) is 0 Å². The molecule has 5 rings (SSSR count). The molecule has 0 aliphatic carbocycles. The van der Waals surface area contributed by atoms with E-state index in [1.165, 1.54) is 36.0 Å². The number of hydrogen-bond acceptors (Lipinski definition) is 8. The number of benzene rings is 3. The molecule has 1 saturated heterocycles. The first-order chi connectivity index (χ1) is 19.2. The smallest absolute Gasteiger partial charge is 0.487 e. The number of ether oxygens (including phenoxy) is 2. The zero-order valence-electron chi connectivity index (χ0n) is 21.4. The third-order valence-electron chi connectivity index (χ3n) is 5.92. The number of amides is 1. The predicted octanol–water partition coefficient (Wildman–Crippen LogP) is 6.90. The number of amidine groups is 1. The van der Waals surface area contributed by atoms with Crippen LogP contribution in [0.5, 0.6) is 11.5 Å². The van der Waals surface area contributed by atoms with Gasteiger partial charge in [-0.1, -0.05) is 55.0 Å². The van der Waals surface area contributed by atoms with Gasteiger partial charge in [-0.05, 0) is 59.5 Å². The maximum absolute atomic E-state index is 12.6. The van der Waals surface area contributed by atoms with Crippen LogP contribution in [0.25, 0.3) is 11.0 Å². The van der Waals surface area contributed by atoms with Crippen LogP contribution < -0.4 is 14.4 Å². The summed E-state index contributed by atoms with van der Waals surface area (Å²) >= 11 is 1.33. The van der Waals surface area contributed by atoms with Crippen molar-refractivity contribution in [3.8, 4) is 11.5 Å². The molecule has 0 saturated carbocycles. The Morgan fingerprint density at radius 3 is 2.60 bits per heavy atom. The second-order valence-corrected chi connectivity index (χ2v) is 9.99. The average molecular weight is 569 g/mol. The van der Waals surface area contributed by atoms with Crippen molar-refractivity contribution in [3.63, 3.8) is 0 Å². The lowest BCUT2D eigenvalue weighted by molar-refractivity contribution is -0.274. The highest BCUT2D eigenvalue weighted by atomic mass is 32.2. The zero-order chi connectivity index (χ0) is 28.3. The molecule has 1 aromatic heterocycles. The maximum Gasteiger partial charge on any atom is 0.573 e. The number of carbonyl (C=O) groups excluding carboxylic acids is 1. The van der Waals surface area contributed by atoms with Crippen molar-refractivity contribution in [2.45, 2.75) is 32.7 Å². The fraction of sp³-hybridized carbons (Fsp3) is 0.214.